The third-order valence-electron chi connectivity index (χ3n) is 3.97. The molecule has 134 valence electrons. The van der Waals surface area contributed by atoms with Crippen molar-refractivity contribution in [3.63, 3.8) is 0 Å². The molecule has 0 heterocycles. The van der Waals surface area contributed by atoms with Crippen LogP contribution in [0.1, 0.15) is 45.1 Å². The van der Waals surface area contributed by atoms with Crippen LogP contribution in [-0.4, -0.2) is 25.2 Å². The van der Waals surface area contributed by atoms with E-state index >= 15 is 0 Å². The SMILES string of the molecule is COc1cc(/C=C(/C#N)C(=O)NC2CCCC2)cc(Cl)c1OC(C)C. The maximum Gasteiger partial charge on any atom is 0.262 e. The van der Waals surface area contributed by atoms with Gasteiger partial charge in [-0.3, -0.25) is 4.79 Å². The number of rotatable bonds is 6. The minimum Gasteiger partial charge on any atom is -0.493 e. The van der Waals surface area contributed by atoms with Gasteiger partial charge < -0.3 is 14.8 Å². The molecule has 1 amide bonds. The third-order valence-corrected chi connectivity index (χ3v) is 4.25. The average Bonchev–Trinajstić information content (AvgIpc) is 3.07. The molecule has 0 radical (unpaired) electrons. The molecular formula is C19H23ClN2O3. The lowest BCUT2D eigenvalue weighted by Gasteiger charge is -2.16. The molecule has 0 saturated heterocycles. The zero-order chi connectivity index (χ0) is 18.4. The molecule has 6 heteroatoms. The Labute approximate surface area is 153 Å². The first-order valence-corrected chi connectivity index (χ1v) is 8.79. The van der Waals surface area contributed by atoms with Crippen LogP contribution in [0.2, 0.25) is 5.02 Å². The van der Waals surface area contributed by atoms with Gasteiger partial charge in [0, 0.05) is 6.04 Å². The number of carbonyl (C=O) groups excluding carboxylic acids is 1. The summed E-state index contributed by atoms with van der Waals surface area (Å²) >= 11 is 6.28. The Balaban J connectivity index is 2.26. The van der Waals surface area contributed by atoms with Crippen LogP contribution < -0.4 is 14.8 Å². The number of halogens is 1. The zero-order valence-corrected chi connectivity index (χ0v) is 15.5. The Morgan fingerprint density at radius 2 is 2.08 bits per heavy atom. The maximum absolute atomic E-state index is 12.3. The number of hydrogen-bond acceptors (Lipinski definition) is 4. The van der Waals surface area contributed by atoms with Crippen LogP contribution in [0.4, 0.5) is 0 Å². The van der Waals surface area contributed by atoms with Gasteiger partial charge in [-0.2, -0.15) is 5.26 Å². The minimum absolute atomic E-state index is 0.0440. The van der Waals surface area contributed by atoms with Gasteiger partial charge in [0.1, 0.15) is 11.6 Å². The van der Waals surface area contributed by atoms with Crippen LogP contribution >= 0.6 is 11.6 Å². The predicted molar refractivity (Wildman–Crippen MR) is 97.8 cm³/mol. The molecule has 1 saturated carbocycles. The number of amides is 1. The van der Waals surface area contributed by atoms with Crippen molar-refractivity contribution in [1.82, 2.24) is 5.32 Å². The van der Waals surface area contributed by atoms with Crippen molar-refractivity contribution in [1.29, 1.82) is 5.26 Å². The van der Waals surface area contributed by atoms with Crippen molar-refractivity contribution in [2.45, 2.75) is 51.7 Å². The Kier molecular flexibility index (Phi) is 6.72. The van der Waals surface area contributed by atoms with E-state index in [0.29, 0.717) is 22.1 Å². The highest BCUT2D eigenvalue weighted by molar-refractivity contribution is 6.32. The second-order valence-corrected chi connectivity index (χ2v) is 6.73. The molecule has 1 N–H and O–H groups in total. The number of nitrogens with one attached hydrogen (secondary N) is 1. The molecule has 0 bridgehead atoms. The maximum atomic E-state index is 12.3. The number of benzene rings is 1. The van der Waals surface area contributed by atoms with Crippen molar-refractivity contribution in [2.24, 2.45) is 0 Å². The lowest BCUT2D eigenvalue weighted by atomic mass is 10.1. The molecule has 1 aromatic carbocycles. The van der Waals surface area contributed by atoms with Crippen molar-refractivity contribution >= 4 is 23.6 Å². The summed E-state index contributed by atoms with van der Waals surface area (Å²) in [5.74, 6) is 0.554. The smallest absolute Gasteiger partial charge is 0.262 e. The molecule has 1 aliphatic rings. The summed E-state index contributed by atoms with van der Waals surface area (Å²) in [4.78, 5) is 12.3. The summed E-state index contributed by atoms with van der Waals surface area (Å²) in [5.41, 5.74) is 0.652. The van der Waals surface area contributed by atoms with Gasteiger partial charge in [-0.15, -0.1) is 0 Å². The number of nitrogens with zero attached hydrogens (tertiary/aromatic N) is 1. The van der Waals surface area contributed by atoms with Crippen LogP contribution in [-0.2, 0) is 4.79 Å². The lowest BCUT2D eigenvalue weighted by Crippen LogP contribution is -2.33. The Morgan fingerprint density at radius 3 is 2.64 bits per heavy atom. The average molecular weight is 363 g/mol. The van der Waals surface area contributed by atoms with Crippen LogP contribution in [0.15, 0.2) is 17.7 Å². The fourth-order valence-electron chi connectivity index (χ4n) is 2.82. The number of hydrogen-bond donors (Lipinski definition) is 1. The van der Waals surface area contributed by atoms with E-state index in [1.54, 1.807) is 12.1 Å². The van der Waals surface area contributed by atoms with Crippen molar-refractivity contribution in [2.75, 3.05) is 7.11 Å². The number of nitriles is 1. The van der Waals surface area contributed by atoms with E-state index in [-0.39, 0.29) is 23.6 Å². The lowest BCUT2D eigenvalue weighted by molar-refractivity contribution is -0.117. The second kappa shape index (κ2) is 8.77. The Morgan fingerprint density at radius 1 is 1.40 bits per heavy atom. The molecule has 1 aromatic rings. The predicted octanol–water partition coefficient (Wildman–Crippen LogP) is 4.10. The topological polar surface area (TPSA) is 71.3 Å². The van der Waals surface area contributed by atoms with Gasteiger partial charge in [0.15, 0.2) is 11.5 Å². The van der Waals surface area contributed by atoms with Crippen molar-refractivity contribution in [3.8, 4) is 17.6 Å². The monoisotopic (exact) mass is 362 g/mol. The molecule has 2 rings (SSSR count). The van der Waals surface area contributed by atoms with Gasteiger partial charge in [0.25, 0.3) is 5.91 Å². The normalized spacial score (nSPS) is 15.1. The highest BCUT2D eigenvalue weighted by Crippen LogP contribution is 2.37. The minimum atomic E-state index is -0.355. The quantitative estimate of drug-likeness (QED) is 0.610. The van der Waals surface area contributed by atoms with Crippen LogP contribution in [0.25, 0.3) is 6.08 Å². The summed E-state index contributed by atoms with van der Waals surface area (Å²) in [6, 6.07) is 5.47. The summed E-state index contributed by atoms with van der Waals surface area (Å²) in [7, 11) is 1.52. The van der Waals surface area contributed by atoms with Crippen LogP contribution in [0.5, 0.6) is 11.5 Å². The van der Waals surface area contributed by atoms with Crippen LogP contribution in [0.3, 0.4) is 0 Å². The molecule has 1 fully saturated rings. The Bertz CT molecular complexity index is 701. The Hall–Kier alpha value is -2.19. The summed E-state index contributed by atoms with van der Waals surface area (Å²) in [5, 5.41) is 12.6. The molecule has 0 unspecified atom stereocenters. The van der Waals surface area contributed by atoms with E-state index in [2.05, 4.69) is 5.32 Å². The first-order valence-electron chi connectivity index (χ1n) is 8.41. The molecule has 0 spiro atoms. The van der Waals surface area contributed by atoms with Crippen molar-refractivity contribution < 1.29 is 14.3 Å². The van der Waals surface area contributed by atoms with Gasteiger partial charge in [-0.25, -0.2) is 0 Å². The first kappa shape index (κ1) is 19.1. The highest BCUT2D eigenvalue weighted by atomic mass is 35.5. The second-order valence-electron chi connectivity index (χ2n) is 6.33. The van der Waals surface area contributed by atoms with Gasteiger partial charge in [-0.05, 0) is 50.5 Å². The van der Waals surface area contributed by atoms with Crippen molar-refractivity contribution in [3.05, 3.63) is 28.3 Å². The molecule has 5 nitrogen and oxygen atoms in total. The largest absolute Gasteiger partial charge is 0.493 e. The van der Waals surface area contributed by atoms with E-state index < -0.39 is 0 Å². The van der Waals surface area contributed by atoms with Gasteiger partial charge in [-0.1, -0.05) is 24.4 Å². The van der Waals surface area contributed by atoms with E-state index in [4.69, 9.17) is 21.1 Å². The zero-order valence-electron chi connectivity index (χ0n) is 14.8. The molecule has 25 heavy (non-hydrogen) atoms. The van der Waals surface area contributed by atoms with Gasteiger partial charge in [0.2, 0.25) is 0 Å². The fraction of sp³-hybridized carbons (Fsp3) is 0.474. The highest BCUT2D eigenvalue weighted by Gasteiger charge is 2.20. The summed E-state index contributed by atoms with van der Waals surface area (Å²) in [6.45, 7) is 3.79. The summed E-state index contributed by atoms with van der Waals surface area (Å²) < 4.78 is 11.0. The molecular weight excluding hydrogens is 340 g/mol. The van der Waals surface area contributed by atoms with Gasteiger partial charge >= 0.3 is 0 Å². The molecule has 0 aromatic heterocycles. The standard InChI is InChI=1S/C19H23ClN2O3/c1-12(2)25-18-16(20)9-13(10-17(18)24-3)8-14(11-21)19(23)22-15-6-4-5-7-15/h8-10,12,15H,4-7H2,1-3H3,(H,22,23)/b14-8-. The van der Waals surface area contributed by atoms with E-state index in [1.807, 2.05) is 19.9 Å². The first-order chi connectivity index (χ1) is 11.9. The number of carbonyl (C=O) groups is 1. The molecule has 0 atom stereocenters. The third kappa shape index (κ3) is 5.14. The van der Waals surface area contributed by atoms with E-state index in [1.165, 1.54) is 13.2 Å². The van der Waals surface area contributed by atoms with E-state index in [9.17, 15) is 10.1 Å². The van der Waals surface area contributed by atoms with Crippen LogP contribution in [0, 0.1) is 11.3 Å². The number of ether oxygens (including phenoxy) is 2. The molecule has 1 aliphatic carbocycles. The summed E-state index contributed by atoms with van der Waals surface area (Å²) in [6.07, 6.45) is 5.61. The number of methoxy groups -OCH3 is 1. The van der Waals surface area contributed by atoms with E-state index in [0.717, 1.165) is 25.7 Å². The fourth-order valence-corrected chi connectivity index (χ4v) is 3.09. The van der Waals surface area contributed by atoms with Gasteiger partial charge in [0.05, 0.1) is 18.2 Å². The molecule has 0 aliphatic heterocycles.